The third-order valence-corrected chi connectivity index (χ3v) is 4.49. The van der Waals surface area contributed by atoms with Gasteiger partial charge in [-0.05, 0) is 36.8 Å². The Morgan fingerprint density at radius 3 is 2.70 bits per heavy atom. The summed E-state index contributed by atoms with van der Waals surface area (Å²) < 4.78 is 0. The molecule has 0 aliphatic carbocycles. The van der Waals surface area contributed by atoms with Gasteiger partial charge in [0.2, 0.25) is 0 Å². The standard InChI is InChI=1S/C14H19ClN2OS.ClH/c1-2-19-13-4-3-10(15)9-12(13)14(18)17-7-5-11(16)6-8-17;/h3-4,9,11H,2,5-8,16H2,1H3;1H. The number of thioether (sulfide) groups is 1. The van der Waals surface area contributed by atoms with Crippen LogP contribution in [0.3, 0.4) is 0 Å². The van der Waals surface area contributed by atoms with Gasteiger partial charge < -0.3 is 10.6 Å². The lowest BCUT2D eigenvalue weighted by Gasteiger charge is -2.30. The van der Waals surface area contributed by atoms with Crippen molar-refractivity contribution in [1.82, 2.24) is 4.90 Å². The van der Waals surface area contributed by atoms with Gasteiger partial charge in [0.25, 0.3) is 5.91 Å². The Morgan fingerprint density at radius 2 is 2.10 bits per heavy atom. The summed E-state index contributed by atoms with van der Waals surface area (Å²) in [6, 6.07) is 5.77. The van der Waals surface area contributed by atoms with Gasteiger partial charge in [0.05, 0.1) is 5.56 Å². The van der Waals surface area contributed by atoms with Crippen molar-refractivity contribution in [2.75, 3.05) is 18.8 Å². The van der Waals surface area contributed by atoms with Crippen LogP contribution >= 0.6 is 35.8 Å². The molecule has 1 fully saturated rings. The Morgan fingerprint density at radius 1 is 1.45 bits per heavy atom. The zero-order chi connectivity index (χ0) is 13.8. The lowest BCUT2D eigenvalue weighted by Crippen LogP contribution is -2.43. The lowest BCUT2D eigenvalue weighted by atomic mass is 10.0. The van der Waals surface area contributed by atoms with Gasteiger partial charge in [-0.25, -0.2) is 0 Å². The molecule has 1 heterocycles. The summed E-state index contributed by atoms with van der Waals surface area (Å²) >= 11 is 7.70. The molecular weight excluding hydrogens is 315 g/mol. The van der Waals surface area contributed by atoms with Crippen molar-refractivity contribution in [3.63, 3.8) is 0 Å². The van der Waals surface area contributed by atoms with Crippen LogP contribution in [-0.2, 0) is 0 Å². The molecule has 0 aromatic heterocycles. The van der Waals surface area contributed by atoms with E-state index in [-0.39, 0.29) is 24.4 Å². The molecule has 1 aromatic rings. The van der Waals surface area contributed by atoms with Crippen LogP contribution in [0.4, 0.5) is 0 Å². The van der Waals surface area contributed by atoms with Crippen molar-refractivity contribution in [1.29, 1.82) is 0 Å². The second kappa shape index (κ2) is 8.13. The fourth-order valence-corrected chi connectivity index (χ4v) is 3.17. The molecule has 0 unspecified atom stereocenters. The number of rotatable bonds is 3. The van der Waals surface area contributed by atoms with E-state index >= 15 is 0 Å². The van der Waals surface area contributed by atoms with Gasteiger partial charge in [0, 0.05) is 29.0 Å². The third kappa shape index (κ3) is 4.29. The van der Waals surface area contributed by atoms with Crippen molar-refractivity contribution < 1.29 is 4.79 Å². The number of nitrogens with two attached hydrogens (primary N) is 1. The van der Waals surface area contributed by atoms with Gasteiger partial charge in [0.1, 0.15) is 0 Å². The van der Waals surface area contributed by atoms with Crippen molar-refractivity contribution in [2.45, 2.75) is 30.7 Å². The predicted octanol–water partition coefficient (Wildman–Crippen LogP) is 3.44. The van der Waals surface area contributed by atoms with Crippen LogP contribution in [0, 0.1) is 0 Å². The topological polar surface area (TPSA) is 46.3 Å². The van der Waals surface area contributed by atoms with E-state index in [1.54, 1.807) is 17.8 Å². The molecule has 2 rings (SSSR count). The molecule has 0 spiro atoms. The predicted molar refractivity (Wildman–Crippen MR) is 88.2 cm³/mol. The maximum absolute atomic E-state index is 12.6. The number of likely N-dealkylation sites (tertiary alicyclic amines) is 1. The van der Waals surface area contributed by atoms with E-state index in [4.69, 9.17) is 17.3 Å². The maximum atomic E-state index is 12.6. The highest BCUT2D eigenvalue weighted by Gasteiger charge is 2.23. The second-order valence-corrected chi connectivity index (χ2v) is 6.45. The summed E-state index contributed by atoms with van der Waals surface area (Å²) in [4.78, 5) is 15.5. The zero-order valence-corrected chi connectivity index (χ0v) is 13.9. The molecule has 3 nitrogen and oxygen atoms in total. The summed E-state index contributed by atoms with van der Waals surface area (Å²) in [7, 11) is 0. The fourth-order valence-electron chi connectivity index (χ4n) is 2.22. The smallest absolute Gasteiger partial charge is 0.255 e. The lowest BCUT2D eigenvalue weighted by molar-refractivity contribution is 0.0711. The van der Waals surface area contributed by atoms with E-state index in [9.17, 15) is 4.79 Å². The van der Waals surface area contributed by atoms with Crippen LogP contribution in [0.15, 0.2) is 23.1 Å². The molecule has 1 saturated heterocycles. The minimum atomic E-state index is 0. The first-order valence-electron chi connectivity index (χ1n) is 6.59. The molecule has 1 aliphatic rings. The van der Waals surface area contributed by atoms with Gasteiger partial charge in [0.15, 0.2) is 0 Å². The van der Waals surface area contributed by atoms with E-state index in [1.807, 2.05) is 17.0 Å². The number of piperidine rings is 1. The zero-order valence-electron chi connectivity index (χ0n) is 11.5. The first kappa shape index (κ1) is 17.6. The Labute approximate surface area is 135 Å². The van der Waals surface area contributed by atoms with Crippen molar-refractivity contribution >= 4 is 41.7 Å². The van der Waals surface area contributed by atoms with E-state index in [1.165, 1.54) is 0 Å². The van der Waals surface area contributed by atoms with Crippen LogP contribution in [-0.4, -0.2) is 35.7 Å². The van der Waals surface area contributed by atoms with Gasteiger partial charge in [-0.3, -0.25) is 4.79 Å². The Bertz CT molecular complexity index is 462. The average Bonchev–Trinajstić information content (AvgIpc) is 2.41. The summed E-state index contributed by atoms with van der Waals surface area (Å²) in [6.45, 7) is 3.55. The van der Waals surface area contributed by atoms with Crippen LogP contribution in [0.5, 0.6) is 0 Å². The molecule has 0 saturated carbocycles. The molecule has 6 heteroatoms. The normalized spacial score (nSPS) is 15.8. The van der Waals surface area contributed by atoms with Crippen LogP contribution in [0.1, 0.15) is 30.1 Å². The van der Waals surface area contributed by atoms with Crippen molar-refractivity contribution in [3.8, 4) is 0 Å². The van der Waals surface area contributed by atoms with Gasteiger partial charge in [-0.1, -0.05) is 18.5 Å². The van der Waals surface area contributed by atoms with Crippen molar-refractivity contribution in [2.24, 2.45) is 5.73 Å². The molecule has 20 heavy (non-hydrogen) atoms. The summed E-state index contributed by atoms with van der Waals surface area (Å²) in [5.41, 5.74) is 6.59. The largest absolute Gasteiger partial charge is 0.338 e. The number of amides is 1. The number of halogens is 2. The molecule has 0 atom stereocenters. The maximum Gasteiger partial charge on any atom is 0.255 e. The molecular formula is C14H20Cl2N2OS. The molecule has 1 amide bonds. The summed E-state index contributed by atoms with van der Waals surface area (Å²) in [6.07, 6.45) is 1.76. The highest BCUT2D eigenvalue weighted by Crippen LogP contribution is 2.27. The van der Waals surface area contributed by atoms with Crippen LogP contribution in [0.2, 0.25) is 5.02 Å². The highest BCUT2D eigenvalue weighted by molar-refractivity contribution is 7.99. The minimum absolute atomic E-state index is 0. The molecule has 2 N–H and O–H groups in total. The number of carbonyl (C=O) groups excluding carboxylic acids is 1. The number of hydrogen-bond acceptors (Lipinski definition) is 3. The first-order valence-corrected chi connectivity index (χ1v) is 7.95. The molecule has 112 valence electrons. The summed E-state index contributed by atoms with van der Waals surface area (Å²) in [5.74, 6) is 1.01. The Balaban J connectivity index is 0.00000200. The highest BCUT2D eigenvalue weighted by atomic mass is 35.5. The number of carbonyl (C=O) groups is 1. The monoisotopic (exact) mass is 334 g/mol. The van der Waals surface area contributed by atoms with Gasteiger partial charge in [-0.15, -0.1) is 24.2 Å². The van der Waals surface area contributed by atoms with Gasteiger partial charge >= 0.3 is 0 Å². The number of nitrogens with zero attached hydrogens (tertiary/aromatic N) is 1. The average molecular weight is 335 g/mol. The van der Waals surface area contributed by atoms with E-state index in [0.29, 0.717) is 5.02 Å². The SMILES string of the molecule is CCSc1ccc(Cl)cc1C(=O)N1CCC(N)CC1.Cl. The number of hydrogen-bond donors (Lipinski definition) is 1. The second-order valence-electron chi connectivity index (χ2n) is 4.70. The van der Waals surface area contributed by atoms with Crippen molar-refractivity contribution in [3.05, 3.63) is 28.8 Å². The Kier molecular flexibility index (Phi) is 7.17. The molecule has 0 bridgehead atoms. The quantitative estimate of drug-likeness (QED) is 0.861. The molecule has 0 radical (unpaired) electrons. The van der Waals surface area contributed by atoms with Crippen LogP contribution in [0.25, 0.3) is 0 Å². The van der Waals surface area contributed by atoms with Gasteiger partial charge in [-0.2, -0.15) is 0 Å². The van der Waals surface area contributed by atoms with E-state index in [2.05, 4.69) is 6.92 Å². The minimum Gasteiger partial charge on any atom is -0.338 e. The molecule has 1 aliphatic heterocycles. The first-order chi connectivity index (χ1) is 9.11. The fraction of sp³-hybridized carbons (Fsp3) is 0.500. The molecule has 1 aromatic carbocycles. The van der Waals surface area contributed by atoms with E-state index in [0.717, 1.165) is 42.1 Å². The van der Waals surface area contributed by atoms with Crippen LogP contribution < -0.4 is 5.73 Å². The summed E-state index contributed by atoms with van der Waals surface area (Å²) in [5, 5.41) is 0.609. The Hall–Kier alpha value is -0.420. The third-order valence-electron chi connectivity index (χ3n) is 3.30. The number of benzene rings is 1. The van der Waals surface area contributed by atoms with E-state index < -0.39 is 0 Å².